The van der Waals surface area contributed by atoms with Gasteiger partial charge < -0.3 is 14.8 Å². The van der Waals surface area contributed by atoms with Gasteiger partial charge in [0.15, 0.2) is 0 Å². The van der Waals surface area contributed by atoms with Gasteiger partial charge in [-0.2, -0.15) is 0 Å². The average molecular weight is 362 g/mol. The number of nitrogens with one attached hydrogen (secondary N) is 1. The average Bonchev–Trinajstić information content (AvgIpc) is 2.86. The minimum Gasteiger partial charge on any atom is -0.467 e. The number of hydrogen-bond acceptors (Lipinski definition) is 5. The van der Waals surface area contributed by atoms with E-state index in [9.17, 15) is 14.4 Å². The highest BCUT2D eigenvalue weighted by Crippen LogP contribution is 2.19. The standard InChI is InChI=1S/C19H26N2O5/c1-19(2,3)26-11-10-14-16(22)21(18(24)20-14)15(17(23)25-4)12-13-8-6-5-7-9-13/h5-9,14-15H,10-12H2,1-4H3,(H,20,24)/t14-,15-/m0/s1. The van der Waals surface area contributed by atoms with Crippen molar-refractivity contribution in [3.8, 4) is 0 Å². The number of imide groups is 1. The van der Waals surface area contributed by atoms with Crippen LogP contribution in [0.5, 0.6) is 0 Å². The lowest BCUT2D eigenvalue weighted by atomic mass is 10.0. The number of rotatable bonds is 7. The third-order valence-electron chi connectivity index (χ3n) is 4.05. The van der Waals surface area contributed by atoms with Gasteiger partial charge in [0.2, 0.25) is 0 Å². The minimum atomic E-state index is -0.997. The maximum Gasteiger partial charge on any atom is 0.329 e. The highest BCUT2D eigenvalue weighted by atomic mass is 16.5. The van der Waals surface area contributed by atoms with Gasteiger partial charge in [-0.05, 0) is 26.3 Å². The summed E-state index contributed by atoms with van der Waals surface area (Å²) in [5.41, 5.74) is 0.510. The molecular formula is C19H26N2O5. The van der Waals surface area contributed by atoms with E-state index in [1.54, 1.807) is 0 Å². The Hall–Kier alpha value is -2.41. The zero-order chi connectivity index (χ0) is 19.3. The first-order valence-corrected chi connectivity index (χ1v) is 8.62. The zero-order valence-corrected chi connectivity index (χ0v) is 15.7. The van der Waals surface area contributed by atoms with Crippen molar-refractivity contribution in [2.75, 3.05) is 13.7 Å². The van der Waals surface area contributed by atoms with Crippen molar-refractivity contribution in [2.45, 2.75) is 51.3 Å². The van der Waals surface area contributed by atoms with Crippen molar-refractivity contribution in [1.29, 1.82) is 0 Å². The molecule has 1 aromatic rings. The van der Waals surface area contributed by atoms with Gasteiger partial charge in [-0.1, -0.05) is 30.3 Å². The number of carbonyl (C=O) groups is 3. The van der Waals surface area contributed by atoms with Crippen LogP contribution in [0.2, 0.25) is 0 Å². The summed E-state index contributed by atoms with van der Waals surface area (Å²) in [5, 5.41) is 2.63. The fourth-order valence-electron chi connectivity index (χ4n) is 2.78. The smallest absolute Gasteiger partial charge is 0.329 e. The molecule has 0 unspecified atom stereocenters. The number of carbonyl (C=O) groups excluding carboxylic acids is 3. The molecule has 1 saturated heterocycles. The molecule has 3 amide bonds. The van der Waals surface area contributed by atoms with Crippen molar-refractivity contribution in [3.05, 3.63) is 35.9 Å². The van der Waals surface area contributed by atoms with Crippen LogP contribution in [0, 0.1) is 0 Å². The van der Waals surface area contributed by atoms with Crippen molar-refractivity contribution in [3.63, 3.8) is 0 Å². The predicted molar refractivity (Wildman–Crippen MR) is 95.4 cm³/mol. The van der Waals surface area contributed by atoms with Gasteiger partial charge in [0.1, 0.15) is 12.1 Å². The molecule has 0 spiro atoms. The normalized spacial score (nSPS) is 18.6. The topological polar surface area (TPSA) is 84.9 Å². The molecule has 0 aromatic heterocycles. The molecule has 1 N–H and O–H groups in total. The number of ether oxygens (including phenoxy) is 2. The van der Waals surface area contributed by atoms with Crippen LogP contribution in [0.1, 0.15) is 32.8 Å². The Morgan fingerprint density at radius 1 is 1.23 bits per heavy atom. The summed E-state index contributed by atoms with van der Waals surface area (Å²) in [7, 11) is 1.24. The van der Waals surface area contributed by atoms with Crippen molar-refractivity contribution < 1.29 is 23.9 Å². The second-order valence-electron chi connectivity index (χ2n) is 7.19. The van der Waals surface area contributed by atoms with Crippen molar-refractivity contribution in [2.24, 2.45) is 0 Å². The zero-order valence-electron chi connectivity index (χ0n) is 15.7. The summed E-state index contributed by atoms with van der Waals surface area (Å²) >= 11 is 0. The van der Waals surface area contributed by atoms with Gasteiger partial charge in [0, 0.05) is 19.4 Å². The Morgan fingerprint density at radius 3 is 2.46 bits per heavy atom. The fourth-order valence-corrected chi connectivity index (χ4v) is 2.78. The van der Waals surface area contributed by atoms with Crippen LogP contribution in [0.25, 0.3) is 0 Å². The second kappa shape index (κ2) is 8.31. The first-order valence-electron chi connectivity index (χ1n) is 8.62. The summed E-state index contributed by atoms with van der Waals surface area (Å²) in [6.45, 7) is 6.08. The van der Waals surface area contributed by atoms with E-state index in [0.717, 1.165) is 10.5 Å². The molecule has 0 bridgehead atoms. The van der Waals surface area contributed by atoms with Crippen LogP contribution in [0.3, 0.4) is 0 Å². The molecule has 2 atom stereocenters. The third kappa shape index (κ3) is 5.05. The molecule has 26 heavy (non-hydrogen) atoms. The van der Waals surface area contributed by atoms with E-state index in [2.05, 4.69) is 5.32 Å². The molecule has 1 aliphatic heterocycles. The maximum atomic E-state index is 12.7. The molecule has 0 radical (unpaired) electrons. The Kier molecular flexibility index (Phi) is 6.37. The molecular weight excluding hydrogens is 336 g/mol. The first kappa shape index (κ1) is 19.9. The monoisotopic (exact) mass is 362 g/mol. The summed E-state index contributed by atoms with van der Waals surface area (Å²) in [6, 6.07) is 6.92. The van der Waals surface area contributed by atoms with Gasteiger partial charge in [0.05, 0.1) is 12.7 Å². The highest BCUT2D eigenvalue weighted by Gasteiger charge is 2.44. The van der Waals surface area contributed by atoms with Crippen LogP contribution in [0.4, 0.5) is 4.79 Å². The molecule has 2 rings (SSSR count). The summed E-state index contributed by atoms with van der Waals surface area (Å²) in [6.07, 6.45) is 0.551. The lowest BCUT2D eigenvalue weighted by molar-refractivity contribution is -0.149. The SMILES string of the molecule is COC(=O)[C@H](Cc1ccccc1)N1C(=O)N[C@@H](CCOC(C)(C)C)C1=O. The first-order chi connectivity index (χ1) is 12.2. The molecule has 0 aliphatic carbocycles. The van der Waals surface area contributed by atoms with E-state index in [4.69, 9.17) is 9.47 Å². The summed E-state index contributed by atoms with van der Waals surface area (Å²) in [5.74, 6) is -1.05. The molecule has 1 fully saturated rings. The Labute approximate surface area is 153 Å². The highest BCUT2D eigenvalue weighted by molar-refractivity contribution is 6.07. The van der Waals surface area contributed by atoms with Gasteiger partial charge >= 0.3 is 12.0 Å². The number of benzene rings is 1. The van der Waals surface area contributed by atoms with Crippen LogP contribution < -0.4 is 5.32 Å². The lowest BCUT2D eigenvalue weighted by Gasteiger charge is -2.23. The Balaban J connectivity index is 2.10. The largest absolute Gasteiger partial charge is 0.467 e. The van der Waals surface area contributed by atoms with E-state index in [-0.39, 0.29) is 12.0 Å². The molecule has 0 saturated carbocycles. The maximum absolute atomic E-state index is 12.7. The van der Waals surface area contributed by atoms with E-state index >= 15 is 0 Å². The van der Waals surface area contributed by atoms with Crippen LogP contribution in [-0.4, -0.2) is 54.2 Å². The van der Waals surface area contributed by atoms with Gasteiger partial charge in [-0.3, -0.25) is 4.79 Å². The third-order valence-corrected chi connectivity index (χ3v) is 4.05. The number of hydrogen-bond donors (Lipinski definition) is 1. The minimum absolute atomic E-state index is 0.206. The molecule has 1 aromatic carbocycles. The quantitative estimate of drug-likeness (QED) is 0.591. The number of urea groups is 1. The summed E-state index contributed by atoms with van der Waals surface area (Å²) in [4.78, 5) is 38.3. The van der Waals surface area contributed by atoms with Crippen molar-refractivity contribution in [1.82, 2.24) is 10.2 Å². The van der Waals surface area contributed by atoms with Crippen LogP contribution in [0.15, 0.2) is 30.3 Å². The molecule has 7 heteroatoms. The number of esters is 1. The van der Waals surface area contributed by atoms with E-state index < -0.39 is 30.0 Å². The predicted octanol–water partition coefficient (Wildman–Crippen LogP) is 1.90. The summed E-state index contributed by atoms with van der Waals surface area (Å²) < 4.78 is 10.4. The van der Waals surface area contributed by atoms with Gasteiger partial charge in [0.25, 0.3) is 5.91 Å². The number of methoxy groups -OCH3 is 1. The number of nitrogens with zero attached hydrogens (tertiary/aromatic N) is 1. The van der Waals surface area contributed by atoms with Gasteiger partial charge in [-0.15, -0.1) is 0 Å². The number of amides is 3. The van der Waals surface area contributed by atoms with Crippen LogP contribution in [-0.2, 0) is 25.5 Å². The molecule has 1 aliphatic rings. The second-order valence-corrected chi connectivity index (χ2v) is 7.19. The van der Waals surface area contributed by atoms with E-state index in [1.165, 1.54) is 7.11 Å². The molecule has 142 valence electrons. The van der Waals surface area contributed by atoms with E-state index in [1.807, 2.05) is 51.1 Å². The Bertz CT molecular complexity index is 654. The Morgan fingerprint density at radius 2 is 1.88 bits per heavy atom. The van der Waals surface area contributed by atoms with Crippen molar-refractivity contribution >= 4 is 17.9 Å². The molecule has 7 nitrogen and oxygen atoms in total. The fraction of sp³-hybridized carbons (Fsp3) is 0.526. The molecule has 1 heterocycles. The van der Waals surface area contributed by atoms with E-state index in [0.29, 0.717) is 13.0 Å². The van der Waals surface area contributed by atoms with Crippen LogP contribution >= 0.6 is 0 Å². The lowest BCUT2D eigenvalue weighted by Crippen LogP contribution is -2.47. The van der Waals surface area contributed by atoms with Gasteiger partial charge in [-0.25, -0.2) is 14.5 Å².